The van der Waals surface area contributed by atoms with Crippen LogP contribution in [0.15, 0.2) is 54.6 Å². The highest BCUT2D eigenvalue weighted by molar-refractivity contribution is 7.12. The molecular weight excluding hydrogens is 407 g/mol. The van der Waals surface area contributed by atoms with Gasteiger partial charge in [-0.05, 0) is 55.9 Å². The number of hydrogen-bond donors (Lipinski definition) is 1. The van der Waals surface area contributed by atoms with E-state index in [1.54, 1.807) is 6.07 Å². The molecule has 0 aliphatic heterocycles. The average Bonchev–Trinajstić information content (AvgIpc) is 3.42. The third-order valence-corrected chi connectivity index (χ3v) is 6.74. The molecule has 1 aliphatic rings. The topological polar surface area (TPSA) is 29.1 Å². The third kappa shape index (κ3) is 4.01. The number of benzene rings is 2. The highest BCUT2D eigenvalue weighted by Gasteiger charge is 2.46. The summed E-state index contributed by atoms with van der Waals surface area (Å²) in [7, 11) is 0. The Bertz CT molecular complexity index is 1080. The Hall–Kier alpha value is -2.60. The molecule has 1 aliphatic carbocycles. The second-order valence-corrected chi connectivity index (χ2v) is 9.27. The maximum atomic E-state index is 13.3. The lowest BCUT2D eigenvalue weighted by Crippen LogP contribution is -2.35. The van der Waals surface area contributed by atoms with Crippen molar-refractivity contribution in [3.05, 3.63) is 92.2 Å². The Balaban J connectivity index is 1.62. The minimum absolute atomic E-state index is 0.153. The predicted octanol–water partition coefficient (Wildman–Crippen LogP) is 6.39. The summed E-state index contributed by atoms with van der Waals surface area (Å²) >= 11 is 1.51. The van der Waals surface area contributed by atoms with Crippen LogP contribution in [-0.4, -0.2) is 5.91 Å². The first-order chi connectivity index (χ1) is 14.2. The lowest BCUT2D eigenvalue weighted by Gasteiger charge is -2.19. The van der Waals surface area contributed by atoms with Crippen molar-refractivity contribution in [2.24, 2.45) is 0 Å². The molecule has 4 rings (SSSR count). The molecule has 6 heteroatoms. The summed E-state index contributed by atoms with van der Waals surface area (Å²) in [6.07, 6.45) is -2.33. The maximum Gasteiger partial charge on any atom is 0.416 e. The first kappa shape index (κ1) is 20.7. The number of nitrogens with one attached hydrogen (secondary N) is 1. The van der Waals surface area contributed by atoms with Gasteiger partial charge in [0.2, 0.25) is 0 Å². The predicted molar refractivity (Wildman–Crippen MR) is 113 cm³/mol. The fraction of sp³-hybridized carbons (Fsp3) is 0.292. The lowest BCUT2D eigenvalue weighted by molar-refractivity contribution is -0.137. The highest BCUT2D eigenvalue weighted by Crippen LogP contribution is 2.46. The van der Waals surface area contributed by atoms with Gasteiger partial charge >= 0.3 is 6.18 Å². The molecular formula is C24H22F3NOS. The number of hydrogen-bond acceptors (Lipinski definition) is 2. The molecule has 1 N–H and O–H groups in total. The number of carbonyl (C=O) groups is 1. The number of halogens is 3. The Labute approximate surface area is 177 Å². The standard InChI is InChI=1S/C24H22F3NOS/c1-15-20(14-17-7-6-10-19(13-17)24(25,26)27)21(16(2)30-15)22(29)28-23(11-12-23)18-8-4-3-5-9-18/h3-10,13H,11-12,14H2,1-2H3,(H,28,29). The molecule has 30 heavy (non-hydrogen) atoms. The van der Waals surface area contributed by atoms with Gasteiger partial charge in [0.05, 0.1) is 16.7 Å². The van der Waals surface area contributed by atoms with E-state index in [0.29, 0.717) is 17.5 Å². The number of amides is 1. The second kappa shape index (κ2) is 7.58. The van der Waals surface area contributed by atoms with Crippen LogP contribution >= 0.6 is 11.3 Å². The van der Waals surface area contributed by atoms with Crippen molar-refractivity contribution >= 4 is 17.2 Å². The number of alkyl halides is 3. The van der Waals surface area contributed by atoms with E-state index in [1.807, 2.05) is 44.2 Å². The molecule has 1 amide bonds. The minimum atomic E-state index is -4.39. The van der Waals surface area contributed by atoms with Gasteiger partial charge in [0.25, 0.3) is 5.91 Å². The number of rotatable bonds is 5. The molecule has 0 radical (unpaired) electrons. The Kier molecular flexibility index (Phi) is 5.22. The van der Waals surface area contributed by atoms with Crippen LogP contribution in [-0.2, 0) is 18.1 Å². The average molecular weight is 430 g/mol. The van der Waals surface area contributed by atoms with Gasteiger partial charge in [-0.2, -0.15) is 13.2 Å². The summed E-state index contributed by atoms with van der Waals surface area (Å²) < 4.78 is 39.3. The van der Waals surface area contributed by atoms with E-state index in [9.17, 15) is 18.0 Å². The van der Waals surface area contributed by atoms with Crippen molar-refractivity contribution < 1.29 is 18.0 Å². The second-order valence-electron chi connectivity index (χ2n) is 7.85. The fourth-order valence-corrected chi connectivity index (χ4v) is 5.02. The van der Waals surface area contributed by atoms with Crippen LogP contribution in [0.5, 0.6) is 0 Å². The van der Waals surface area contributed by atoms with Crippen LogP contribution in [0.3, 0.4) is 0 Å². The zero-order valence-corrected chi connectivity index (χ0v) is 17.6. The van der Waals surface area contributed by atoms with Gasteiger partial charge in [-0.3, -0.25) is 4.79 Å². The van der Waals surface area contributed by atoms with Crippen LogP contribution in [0.4, 0.5) is 13.2 Å². The molecule has 0 atom stereocenters. The van der Waals surface area contributed by atoms with E-state index in [0.717, 1.165) is 39.8 Å². The molecule has 0 bridgehead atoms. The van der Waals surface area contributed by atoms with Gasteiger partial charge in [0, 0.05) is 9.75 Å². The largest absolute Gasteiger partial charge is 0.416 e. The molecule has 3 aromatic rings. The van der Waals surface area contributed by atoms with Crippen molar-refractivity contribution in [3.63, 3.8) is 0 Å². The zero-order valence-electron chi connectivity index (χ0n) is 16.8. The molecule has 1 aromatic heterocycles. The van der Waals surface area contributed by atoms with Gasteiger partial charge in [0.15, 0.2) is 0 Å². The molecule has 2 aromatic carbocycles. The molecule has 0 unspecified atom stereocenters. The van der Waals surface area contributed by atoms with Gasteiger partial charge in [0.1, 0.15) is 0 Å². The van der Waals surface area contributed by atoms with Crippen molar-refractivity contribution in [2.45, 2.75) is 44.8 Å². The summed E-state index contributed by atoms with van der Waals surface area (Å²) in [4.78, 5) is 15.1. The van der Waals surface area contributed by atoms with E-state index in [-0.39, 0.29) is 11.4 Å². The molecule has 1 saturated carbocycles. The van der Waals surface area contributed by atoms with Crippen LogP contribution in [0, 0.1) is 13.8 Å². The Morgan fingerprint density at radius 3 is 2.37 bits per heavy atom. The van der Waals surface area contributed by atoms with E-state index in [1.165, 1.54) is 23.5 Å². The van der Waals surface area contributed by atoms with Crippen LogP contribution < -0.4 is 5.32 Å². The third-order valence-electron chi connectivity index (χ3n) is 5.68. The normalized spacial score (nSPS) is 15.1. The molecule has 1 heterocycles. The van der Waals surface area contributed by atoms with E-state index in [4.69, 9.17) is 0 Å². The van der Waals surface area contributed by atoms with Gasteiger partial charge in [-0.1, -0.05) is 48.5 Å². The van der Waals surface area contributed by atoms with Crippen molar-refractivity contribution in [1.29, 1.82) is 0 Å². The number of carbonyl (C=O) groups excluding carboxylic acids is 1. The van der Waals surface area contributed by atoms with E-state index >= 15 is 0 Å². The zero-order chi connectivity index (χ0) is 21.5. The maximum absolute atomic E-state index is 13.3. The summed E-state index contributed by atoms with van der Waals surface area (Å²) in [5.41, 5.74) is 2.02. The van der Waals surface area contributed by atoms with Crippen molar-refractivity contribution in [3.8, 4) is 0 Å². The number of thiophene rings is 1. The summed E-state index contributed by atoms with van der Waals surface area (Å²) in [6, 6.07) is 15.2. The van der Waals surface area contributed by atoms with E-state index < -0.39 is 11.7 Å². The fourth-order valence-electron chi connectivity index (χ4n) is 3.95. The van der Waals surface area contributed by atoms with E-state index in [2.05, 4.69) is 5.32 Å². The first-order valence-electron chi connectivity index (χ1n) is 9.83. The monoisotopic (exact) mass is 429 g/mol. The van der Waals surface area contributed by atoms with Crippen LogP contribution in [0.1, 0.15) is 55.2 Å². The molecule has 156 valence electrons. The summed E-state index contributed by atoms with van der Waals surface area (Å²) in [6.45, 7) is 3.81. The summed E-state index contributed by atoms with van der Waals surface area (Å²) in [5, 5.41) is 3.20. The number of aryl methyl sites for hydroxylation is 2. The Morgan fingerprint density at radius 2 is 1.73 bits per heavy atom. The molecule has 0 saturated heterocycles. The van der Waals surface area contributed by atoms with Gasteiger partial charge in [-0.25, -0.2) is 0 Å². The minimum Gasteiger partial charge on any atom is -0.342 e. The lowest BCUT2D eigenvalue weighted by atomic mass is 9.97. The highest BCUT2D eigenvalue weighted by atomic mass is 32.1. The van der Waals surface area contributed by atoms with Gasteiger partial charge in [-0.15, -0.1) is 11.3 Å². The quantitative estimate of drug-likeness (QED) is 0.500. The van der Waals surface area contributed by atoms with Crippen molar-refractivity contribution in [2.75, 3.05) is 0 Å². The molecule has 2 nitrogen and oxygen atoms in total. The first-order valence-corrected chi connectivity index (χ1v) is 10.6. The Morgan fingerprint density at radius 1 is 1.03 bits per heavy atom. The SMILES string of the molecule is Cc1sc(C)c(C(=O)NC2(c3ccccc3)CC2)c1Cc1cccc(C(F)(F)F)c1. The van der Waals surface area contributed by atoms with Gasteiger partial charge < -0.3 is 5.32 Å². The van der Waals surface area contributed by atoms with Crippen molar-refractivity contribution in [1.82, 2.24) is 5.32 Å². The molecule has 1 fully saturated rings. The van der Waals surface area contributed by atoms with Crippen LogP contribution in [0.25, 0.3) is 0 Å². The molecule has 0 spiro atoms. The smallest absolute Gasteiger partial charge is 0.342 e. The summed E-state index contributed by atoms with van der Waals surface area (Å²) in [5.74, 6) is -0.153. The van der Waals surface area contributed by atoms with Crippen LogP contribution in [0.2, 0.25) is 0 Å².